The Bertz CT molecular complexity index is 484. The molecule has 1 fully saturated rings. The lowest BCUT2D eigenvalue weighted by molar-refractivity contribution is -0.197. The van der Waals surface area contributed by atoms with Crippen molar-refractivity contribution in [2.45, 2.75) is 57.7 Å². The molecule has 20 heavy (non-hydrogen) atoms. The Hall–Kier alpha value is -0.860. The average molecular weight is 273 g/mol. The van der Waals surface area contributed by atoms with Gasteiger partial charge in [0.25, 0.3) is 0 Å². The Balaban J connectivity index is 2.02. The second kappa shape index (κ2) is 5.16. The van der Waals surface area contributed by atoms with E-state index in [4.69, 9.17) is 4.74 Å². The zero-order valence-corrected chi connectivity index (χ0v) is 13.0. The minimum atomic E-state index is -0.121. The average Bonchev–Trinajstić information content (AvgIpc) is 2.60. The summed E-state index contributed by atoms with van der Waals surface area (Å²) in [6.07, 6.45) is 4.87. The Labute approximate surface area is 122 Å². The number of aryl methyl sites for hydroxylation is 1. The molecule has 1 aromatic rings. The van der Waals surface area contributed by atoms with Gasteiger partial charge >= 0.3 is 0 Å². The van der Waals surface area contributed by atoms with Crippen LogP contribution in [0, 0.1) is 5.92 Å². The van der Waals surface area contributed by atoms with Crippen molar-refractivity contribution >= 4 is 0 Å². The first-order valence-electron chi connectivity index (χ1n) is 8.05. The highest BCUT2D eigenvalue weighted by Crippen LogP contribution is 2.43. The molecule has 1 aliphatic heterocycles. The van der Waals surface area contributed by atoms with Crippen molar-refractivity contribution in [3.8, 4) is 0 Å². The van der Waals surface area contributed by atoms with Gasteiger partial charge in [0.2, 0.25) is 0 Å². The van der Waals surface area contributed by atoms with Gasteiger partial charge in [0.15, 0.2) is 0 Å². The van der Waals surface area contributed by atoms with E-state index in [-0.39, 0.29) is 11.2 Å². The van der Waals surface area contributed by atoms with Gasteiger partial charge in [-0.05, 0) is 49.7 Å². The molecule has 0 amide bonds. The first kappa shape index (κ1) is 14.1. The molecule has 110 valence electrons. The maximum absolute atomic E-state index is 6.81. The Morgan fingerprint density at radius 1 is 1.15 bits per heavy atom. The van der Waals surface area contributed by atoms with Crippen molar-refractivity contribution in [3.05, 3.63) is 35.4 Å². The second-order valence-corrected chi connectivity index (χ2v) is 7.03. The van der Waals surface area contributed by atoms with Gasteiger partial charge in [-0.1, -0.05) is 38.1 Å². The molecule has 1 saturated heterocycles. The molecule has 2 unspecified atom stereocenters. The van der Waals surface area contributed by atoms with Crippen molar-refractivity contribution in [2.24, 2.45) is 5.92 Å². The minimum Gasteiger partial charge on any atom is -0.361 e. The van der Waals surface area contributed by atoms with E-state index in [0.29, 0.717) is 5.92 Å². The van der Waals surface area contributed by atoms with Crippen molar-refractivity contribution in [2.75, 3.05) is 13.1 Å². The molecule has 0 saturated carbocycles. The van der Waals surface area contributed by atoms with E-state index in [1.807, 2.05) is 0 Å². The van der Waals surface area contributed by atoms with Crippen LogP contribution in [0.25, 0.3) is 0 Å². The molecule has 2 atom stereocenters. The Morgan fingerprint density at radius 2 is 1.95 bits per heavy atom. The second-order valence-electron chi connectivity index (χ2n) is 7.03. The Kier molecular flexibility index (Phi) is 3.64. The maximum atomic E-state index is 6.81. The summed E-state index contributed by atoms with van der Waals surface area (Å²) in [5.41, 5.74) is 2.72. The summed E-state index contributed by atoms with van der Waals surface area (Å²) in [7, 11) is 0. The predicted molar refractivity (Wildman–Crippen MR) is 82.9 cm³/mol. The largest absolute Gasteiger partial charge is 0.361 e. The lowest BCUT2D eigenvalue weighted by atomic mass is 9.82. The number of benzene rings is 1. The summed E-state index contributed by atoms with van der Waals surface area (Å²) >= 11 is 0. The maximum Gasteiger partial charge on any atom is 0.107 e. The molecule has 1 heterocycles. The third-order valence-electron chi connectivity index (χ3n) is 5.32. The lowest BCUT2D eigenvalue weighted by Gasteiger charge is -2.49. The Morgan fingerprint density at radius 3 is 2.75 bits per heavy atom. The van der Waals surface area contributed by atoms with Crippen LogP contribution in [0.2, 0.25) is 0 Å². The summed E-state index contributed by atoms with van der Waals surface area (Å²) in [6, 6.07) is 8.90. The molecular formula is C18H27NO. The van der Waals surface area contributed by atoms with Crippen molar-refractivity contribution in [1.29, 1.82) is 0 Å². The molecule has 1 aliphatic carbocycles. The van der Waals surface area contributed by atoms with Crippen molar-refractivity contribution in [1.82, 2.24) is 5.32 Å². The smallest absolute Gasteiger partial charge is 0.107 e. The fourth-order valence-electron chi connectivity index (χ4n) is 3.69. The number of nitrogens with one attached hydrogen (secondary N) is 1. The molecule has 2 aliphatic rings. The van der Waals surface area contributed by atoms with Gasteiger partial charge in [-0.3, -0.25) is 0 Å². The highest BCUT2D eigenvalue weighted by Gasteiger charge is 2.46. The van der Waals surface area contributed by atoms with E-state index in [1.54, 1.807) is 0 Å². The molecule has 0 radical (unpaired) electrons. The zero-order valence-electron chi connectivity index (χ0n) is 13.0. The monoisotopic (exact) mass is 273 g/mol. The van der Waals surface area contributed by atoms with E-state index >= 15 is 0 Å². The third kappa shape index (κ3) is 2.29. The van der Waals surface area contributed by atoms with Gasteiger partial charge in [0.05, 0.1) is 5.60 Å². The fraction of sp³-hybridized carbons (Fsp3) is 0.667. The van der Waals surface area contributed by atoms with Crippen LogP contribution in [0.15, 0.2) is 24.3 Å². The van der Waals surface area contributed by atoms with E-state index in [0.717, 1.165) is 19.5 Å². The zero-order chi connectivity index (χ0) is 14.2. The molecule has 0 bridgehead atoms. The van der Waals surface area contributed by atoms with Crippen LogP contribution < -0.4 is 5.32 Å². The number of hydrogen-bond acceptors (Lipinski definition) is 2. The predicted octanol–water partition coefficient (Wildman–Crippen LogP) is 3.64. The van der Waals surface area contributed by atoms with Crippen molar-refractivity contribution < 1.29 is 4.74 Å². The summed E-state index contributed by atoms with van der Waals surface area (Å²) in [5.74, 6) is 0.516. The molecule has 3 rings (SSSR count). The summed E-state index contributed by atoms with van der Waals surface area (Å²) in [6.45, 7) is 8.70. The van der Waals surface area contributed by atoms with E-state index < -0.39 is 0 Å². The van der Waals surface area contributed by atoms with Gasteiger partial charge < -0.3 is 10.1 Å². The van der Waals surface area contributed by atoms with Gasteiger partial charge in [0, 0.05) is 13.1 Å². The van der Waals surface area contributed by atoms with Gasteiger partial charge in [0.1, 0.15) is 5.60 Å². The number of rotatable bonds is 1. The summed E-state index contributed by atoms with van der Waals surface area (Å²) < 4.78 is 6.81. The minimum absolute atomic E-state index is 0.0737. The van der Waals surface area contributed by atoms with Crippen LogP contribution >= 0.6 is 0 Å². The number of fused-ring (bicyclic) bond motifs is 2. The molecule has 2 nitrogen and oxygen atoms in total. The van der Waals surface area contributed by atoms with Crippen LogP contribution in [-0.2, 0) is 16.8 Å². The first-order chi connectivity index (χ1) is 9.56. The normalized spacial score (nSPS) is 34.0. The van der Waals surface area contributed by atoms with Crippen LogP contribution in [0.5, 0.6) is 0 Å². The first-order valence-corrected chi connectivity index (χ1v) is 8.05. The SMILES string of the molecule is CC(C)C1(C)CNCC2(CCCCc3ccccc32)O1. The van der Waals surface area contributed by atoms with E-state index in [9.17, 15) is 0 Å². The van der Waals surface area contributed by atoms with Crippen LogP contribution in [-0.4, -0.2) is 18.7 Å². The molecule has 0 aromatic heterocycles. The highest BCUT2D eigenvalue weighted by atomic mass is 16.5. The molecular weight excluding hydrogens is 246 g/mol. The van der Waals surface area contributed by atoms with E-state index in [2.05, 4.69) is 50.4 Å². The van der Waals surface area contributed by atoms with Crippen LogP contribution in [0.3, 0.4) is 0 Å². The van der Waals surface area contributed by atoms with Crippen LogP contribution in [0.1, 0.15) is 51.2 Å². The fourth-order valence-corrected chi connectivity index (χ4v) is 3.69. The number of ether oxygens (including phenoxy) is 1. The number of hydrogen-bond donors (Lipinski definition) is 1. The highest BCUT2D eigenvalue weighted by molar-refractivity contribution is 5.35. The molecule has 1 N–H and O–H groups in total. The van der Waals surface area contributed by atoms with Gasteiger partial charge in [-0.2, -0.15) is 0 Å². The lowest BCUT2D eigenvalue weighted by Crippen LogP contribution is -2.59. The molecule has 1 spiro atoms. The topological polar surface area (TPSA) is 21.3 Å². The van der Waals surface area contributed by atoms with Crippen molar-refractivity contribution in [3.63, 3.8) is 0 Å². The summed E-state index contributed by atoms with van der Waals surface area (Å²) in [4.78, 5) is 0. The van der Waals surface area contributed by atoms with E-state index in [1.165, 1.54) is 30.4 Å². The quantitative estimate of drug-likeness (QED) is 0.843. The van der Waals surface area contributed by atoms with Crippen LogP contribution in [0.4, 0.5) is 0 Å². The third-order valence-corrected chi connectivity index (χ3v) is 5.32. The van der Waals surface area contributed by atoms with Gasteiger partial charge in [-0.25, -0.2) is 0 Å². The molecule has 1 aromatic carbocycles. The number of morpholine rings is 1. The molecule has 2 heteroatoms. The summed E-state index contributed by atoms with van der Waals surface area (Å²) in [5, 5.41) is 3.66. The standard InChI is InChI=1S/C18H27NO/c1-14(2)17(3)12-19-13-18(20-17)11-7-6-9-15-8-4-5-10-16(15)18/h4-5,8,10,14,19H,6-7,9,11-13H2,1-3H3. The van der Waals surface area contributed by atoms with Gasteiger partial charge in [-0.15, -0.1) is 0 Å².